The maximum atomic E-state index is 4.07. The summed E-state index contributed by atoms with van der Waals surface area (Å²) < 4.78 is 0. The zero-order valence-corrected chi connectivity index (χ0v) is 31.8. The number of rotatable bonds is 8. The van der Waals surface area contributed by atoms with Crippen LogP contribution in [0.5, 0.6) is 0 Å². The lowest BCUT2D eigenvalue weighted by molar-refractivity contribution is 0.0131. The van der Waals surface area contributed by atoms with Gasteiger partial charge in [0.2, 0.25) is 0 Å². The molecule has 2 aliphatic heterocycles. The standard InChI is InChI=1S/C38H64N4P2Si/c1-45(2,3)32-18-31(33(19-32)38(43,34-20-39-4-6-41-34)35-21-40-5-7-42-35)22-44(36-27-10-23-8-24(12-27)13-28(36)11-23)37-29-14-25-9-26(16-29)17-30(37)15-25/h18-19,23-30,32,34-37,39-42H,4-17,20-22,43H2,1-3H3. The van der Waals surface area contributed by atoms with E-state index in [1.165, 1.54) is 6.16 Å². The Balaban J connectivity index is 1.11. The second kappa shape index (κ2) is 12.0. The van der Waals surface area contributed by atoms with Gasteiger partial charge in [-0.2, -0.15) is 0 Å². The molecule has 8 bridgehead atoms. The Morgan fingerprint density at radius 1 is 0.667 bits per heavy atom. The summed E-state index contributed by atoms with van der Waals surface area (Å²) in [6.07, 6.45) is 23.2. The highest BCUT2D eigenvalue weighted by atomic mass is 31.1. The third-order valence-corrected chi connectivity index (χ3v) is 22.6. The van der Waals surface area contributed by atoms with Gasteiger partial charge in [0, 0.05) is 56.5 Å². The molecule has 0 radical (unpaired) electrons. The van der Waals surface area contributed by atoms with Crippen molar-refractivity contribution in [3.8, 4) is 0 Å². The minimum Gasteiger partial charge on any atom is -0.314 e. The van der Waals surface area contributed by atoms with Crippen molar-refractivity contribution in [3.63, 3.8) is 0 Å². The Morgan fingerprint density at radius 3 is 1.49 bits per heavy atom. The van der Waals surface area contributed by atoms with Crippen molar-refractivity contribution in [1.29, 1.82) is 0 Å². The molecule has 7 heteroatoms. The first kappa shape index (κ1) is 31.4. The Bertz CT molecular complexity index is 1070. The topological polar surface area (TPSA) is 48.1 Å². The minimum atomic E-state index is -1.39. The number of hydrogen-bond donors (Lipinski definition) is 4. The second-order valence-corrected chi connectivity index (χ2v) is 27.9. The Hall–Kier alpha value is 0.397. The molecule has 10 fully saturated rings. The lowest BCUT2D eigenvalue weighted by Crippen LogP contribution is -2.69. The van der Waals surface area contributed by atoms with E-state index in [1.807, 2.05) is 5.57 Å². The van der Waals surface area contributed by atoms with Crippen LogP contribution in [0.1, 0.15) is 64.2 Å². The summed E-state index contributed by atoms with van der Waals surface area (Å²) in [6.45, 7) is 14.4. The average molecular weight is 667 g/mol. The van der Waals surface area contributed by atoms with Crippen molar-refractivity contribution < 1.29 is 0 Å². The molecule has 4 atom stereocenters. The van der Waals surface area contributed by atoms with Crippen LogP contribution in [-0.2, 0) is 0 Å². The van der Waals surface area contributed by atoms with Crippen LogP contribution in [0.3, 0.4) is 0 Å². The fraction of sp³-hybridized carbons (Fsp3) is 0.895. The highest BCUT2D eigenvalue weighted by molar-refractivity contribution is 7.59. The van der Waals surface area contributed by atoms with Gasteiger partial charge in [-0.05, 0) is 146 Å². The van der Waals surface area contributed by atoms with Gasteiger partial charge in [0.05, 0.1) is 8.07 Å². The third kappa shape index (κ3) is 5.51. The van der Waals surface area contributed by atoms with Gasteiger partial charge in [0.15, 0.2) is 0 Å². The van der Waals surface area contributed by atoms with Crippen LogP contribution in [0.2, 0.25) is 25.2 Å². The van der Waals surface area contributed by atoms with Crippen molar-refractivity contribution in [2.24, 2.45) is 47.3 Å². The van der Waals surface area contributed by atoms with E-state index in [1.54, 1.807) is 69.8 Å². The average Bonchev–Trinajstić information content (AvgIpc) is 3.46. The van der Waals surface area contributed by atoms with E-state index in [2.05, 4.69) is 62.3 Å². The van der Waals surface area contributed by atoms with E-state index in [-0.39, 0.29) is 13.1 Å². The second-order valence-electron chi connectivity index (χ2n) is 19.0. The summed E-state index contributed by atoms with van der Waals surface area (Å²) in [5, 5.41) is 15.8. The summed E-state index contributed by atoms with van der Waals surface area (Å²) >= 11 is 0. The predicted octanol–water partition coefficient (Wildman–Crippen LogP) is 6.43. The summed E-state index contributed by atoms with van der Waals surface area (Å²) in [6, 6.07) is 0.884. The number of hydrogen-bond acceptors (Lipinski definition) is 4. The highest BCUT2D eigenvalue weighted by Gasteiger charge is 2.58. The van der Waals surface area contributed by atoms with Gasteiger partial charge in [-0.25, -0.2) is 0 Å². The third-order valence-electron chi connectivity index (χ3n) is 15.2. The molecular formula is C38H64N4P2Si. The molecule has 45 heavy (non-hydrogen) atoms. The van der Waals surface area contributed by atoms with E-state index in [0.717, 1.165) is 97.9 Å². The zero-order valence-electron chi connectivity index (χ0n) is 28.7. The van der Waals surface area contributed by atoms with Crippen LogP contribution in [0.15, 0.2) is 23.3 Å². The van der Waals surface area contributed by atoms with Crippen LogP contribution in [0.4, 0.5) is 0 Å². The number of piperazine rings is 2. The lowest BCUT2D eigenvalue weighted by Gasteiger charge is -2.62. The molecule has 4 nitrogen and oxygen atoms in total. The summed E-state index contributed by atoms with van der Waals surface area (Å²) in [5.41, 5.74) is 6.41. The van der Waals surface area contributed by atoms with Crippen LogP contribution in [0, 0.1) is 47.3 Å². The van der Waals surface area contributed by atoms with Crippen molar-refractivity contribution in [3.05, 3.63) is 23.3 Å². The Morgan fingerprint density at radius 2 is 1.11 bits per heavy atom. The van der Waals surface area contributed by atoms with Gasteiger partial charge in [-0.3, -0.25) is 0 Å². The van der Waals surface area contributed by atoms with E-state index >= 15 is 0 Å². The van der Waals surface area contributed by atoms with Crippen molar-refractivity contribution in [1.82, 2.24) is 21.3 Å². The lowest BCUT2D eigenvalue weighted by atomic mass is 9.55. The van der Waals surface area contributed by atoms with Gasteiger partial charge in [0.25, 0.3) is 0 Å². The van der Waals surface area contributed by atoms with Gasteiger partial charge >= 0.3 is 0 Å². The highest BCUT2D eigenvalue weighted by Crippen LogP contribution is 2.72. The molecule has 4 N–H and O–H groups in total. The van der Waals surface area contributed by atoms with Crippen molar-refractivity contribution in [2.45, 2.75) is 118 Å². The van der Waals surface area contributed by atoms with E-state index in [0.29, 0.717) is 17.6 Å². The molecule has 0 aromatic carbocycles. The molecule has 0 spiro atoms. The molecule has 4 unspecified atom stereocenters. The summed E-state index contributed by atoms with van der Waals surface area (Å²) in [5.74, 6) is 8.64. The molecule has 2 saturated heterocycles. The first-order valence-electron chi connectivity index (χ1n) is 19.6. The Labute approximate surface area is 279 Å². The first-order chi connectivity index (χ1) is 21.7. The predicted molar refractivity (Wildman–Crippen MR) is 198 cm³/mol. The zero-order chi connectivity index (χ0) is 30.5. The van der Waals surface area contributed by atoms with Crippen molar-refractivity contribution >= 4 is 25.2 Å². The van der Waals surface area contributed by atoms with Crippen LogP contribution >= 0.6 is 17.2 Å². The van der Waals surface area contributed by atoms with E-state index in [4.69, 9.17) is 0 Å². The normalized spacial score (nSPS) is 49.1. The molecule has 0 aromatic heterocycles. The fourth-order valence-electron chi connectivity index (χ4n) is 13.8. The monoisotopic (exact) mass is 666 g/mol. The maximum absolute atomic E-state index is 4.07. The summed E-state index contributed by atoms with van der Waals surface area (Å²) in [4.78, 5) is 0. The largest absolute Gasteiger partial charge is 0.314 e. The molecule has 11 aliphatic rings. The van der Waals surface area contributed by atoms with E-state index in [9.17, 15) is 0 Å². The van der Waals surface area contributed by atoms with Gasteiger partial charge in [-0.1, -0.05) is 39.7 Å². The molecule has 2 heterocycles. The maximum Gasteiger partial charge on any atom is 0.0558 e. The summed E-state index contributed by atoms with van der Waals surface area (Å²) in [7, 11) is 2.17. The van der Waals surface area contributed by atoms with Crippen LogP contribution < -0.4 is 21.3 Å². The molecular weight excluding hydrogens is 602 g/mol. The smallest absolute Gasteiger partial charge is 0.0558 e. The SMILES string of the molecule is C[Si](C)(C)C1C=C(CP(C2C3CC4CC(C3)CC2C4)C2C3CC4CC(C3)CC2C4)C(C(P)(C2CNCCN2)C2CNCCN2)=C1. The van der Waals surface area contributed by atoms with E-state index < -0.39 is 8.07 Å². The van der Waals surface area contributed by atoms with Gasteiger partial charge in [-0.15, -0.1) is 9.24 Å². The molecule has 8 saturated carbocycles. The molecule has 250 valence electrons. The Kier molecular flexibility index (Phi) is 8.38. The molecule has 0 aromatic rings. The number of allylic oxidation sites excluding steroid dienone is 3. The van der Waals surface area contributed by atoms with Crippen LogP contribution in [-0.4, -0.2) is 82.1 Å². The molecule has 11 rings (SSSR count). The molecule has 0 amide bonds. The first-order valence-corrected chi connectivity index (χ1v) is 25.4. The number of nitrogens with one attached hydrogen (secondary N) is 4. The van der Waals surface area contributed by atoms with Crippen LogP contribution in [0.25, 0.3) is 0 Å². The van der Waals surface area contributed by atoms with Crippen molar-refractivity contribution in [2.75, 3.05) is 45.4 Å². The molecule has 9 aliphatic carbocycles. The fourth-order valence-corrected chi connectivity index (χ4v) is 20.5. The quantitative estimate of drug-likeness (QED) is 0.178. The minimum absolute atomic E-state index is 0.0101. The van der Waals surface area contributed by atoms with Gasteiger partial charge in [0.1, 0.15) is 0 Å². The van der Waals surface area contributed by atoms with Gasteiger partial charge < -0.3 is 21.3 Å².